The zero-order valence-electron chi connectivity index (χ0n) is 18.9. The van der Waals surface area contributed by atoms with E-state index < -0.39 is 17.8 Å². The molecule has 0 fully saturated rings. The highest BCUT2D eigenvalue weighted by atomic mass is 19.1. The third-order valence-corrected chi connectivity index (χ3v) is 5.29. The van der Waals surface area contributed by atoms with E-state index in [-0.39, 0.29) is 17.4 Å². The Balaban J connectivity index is 1.59. The molecule has 0 aliphatic rings. The van der Waals surface area contributed by atoms with Crippen LogP contribution >= 0.6 is 0 Å². The monoisotopic (exact) mass is 448 g/mol. The second kappa shape index (κ2) is 11.9. The van der Waals surface area contributed by atoms with Gasteiger partial charge in [0.25, 0.3) is 5.91 Å². The number of halogens is 1. The van der Waals surface area contributed by atoms with Crippen LogP contribution in [0.25, 0.3) is 0 Å². The van der Waals surface area contributed by atoms with Crippen molar-refractivity contribution in [3.05, 3.63) is 107 Å². The number of hydrogen-bond acceptors (Lipinski definition) is 3. The van der Waals surface area contributed by atoms with Gasteiger partial charge in [-0.3, -0.25) is 9.59 Å². The SMILES string of the molecule is CC(C)C(NC(=O)c1ccccc1F)C(=O)NCc1ccccc1COCc1ccccc1. The van der Waals surface area contributed by atoms with Crippen molar-refractivity contribution < 1.29 is 18.7 Å². The van der Waals surface area contributed by atoms with Crippen LogP contribution in [0.4, 0.5) is 4.39 Å². The molecule has 3 aromatic carbocycles. The van der Waals surface area contributed by atoms with E-state index in [2.05, 4.69) is 10.6 Å². The molecule has 2 N–H and O–H groups in total. The van der Waals surface area contributed by atoms with Crippen LogP contribution in [-0.2, 0) is 29.3 Å². The molecule has 3 aromatic rings. The number of ether oxygens (including phenoxy) is 1. The zero-order chi connectivity index (χ0) is 23.6. The zero-order valence-corrected chi connectivity index (χ0v) is 18.9. The van der Waals surface area contributed by atoms with Crippen molar-refractivity contribution in [1.29, 1.82) is 0 Å². The average Bonchev–Trinajstić information content (AvgIpc) is 2.82. The van der Waals surface area contributed by atoms with Gasteiger partial charge < -0.3 is 15.4 Å². The van der Waals surface area contributed by atoms with Gasteiger partial charge in [0.2, 0.25) is 5.91 Å². The fourth-order valence-electron chi connectivity index (χ4n) is 3.42. The topological polar surface area (TPSA) is 67.4 Å². The number of rotatable bonds is 10. The predicted octanol–water partition coefficient (Wildman–Crippen LogP) is 4.61. The molecular weight excluding hydrogens is 419 g/mol. The number of hydrogen-bond donors (Lipinski definition) is 2. The largest absolute Gasteiger partial charge is 0.372 e. The maximum absolute atomic E-state index is 13.9. The van der Waals surface area contributed by atoms with E-state index in [1.807, 2.05) is 68.4 Å². The first-order valence-electron chi connectivity index (χ1n) is 11.0. The van der Waals surface area contributed by atoms with Gasteiger partial charge in [0.05, 0.1) is 18.8 Å². The number of amides is 2. The Hall–Kier alpha value is -3.51. The Labute approximate surface area is 194 Å². The quantitative estimate of drug-likeness (QED) is 0.476. The predicted molar refractivity (Wildman–Crippen MR) is 126 cm³/mol. The highest BCUT2D eigenvalue weighted by Crippen LogP contribution is 2.13. The lowest BCUT2D eigenvalue weighted by molar-refractivity contribution is -0.124. The fraction of sp³-hybridized carbons (Fsp3) is 0.259. The van der Waals surface area contributed by atoms with Crippen LogP contribution in [0, 0.1) is 11.7 Å². The lowest BCUT2D eigenvalue weighted by Crippen LogP contribution is -2.49. The van der Waals surface area contributed by atoms with Crippen molar-refractivity contribution in [2.75, 3.05) is 0 Å². The van der Waals surface area contributed by atoms with Gasteiger partial charge in [0, 0.05) is 6.54 Å². The molecule has 33 heavy (non-hydrogen) atoms. The first kappa shape index (κ1) is 24.1. The molecule has 1 atom stereocenters. The summed E-state index contributed by atoms with van der Waals surface area (Å²) in [6.45, 7) is 4.87. The van der Waals surface area contributed by atoms with Crippen molar-refractivity contribution in [2.45, 2.75) is 39.6 Å². The van der Waals surface area contributed by atoms with Crippen LogP contribution in [0.3, 0.4) is 0 Å². The van der Waals surface area contributed by atoms with Gasteiger partial charge in [-0.05, 0) is 34.7 Å². The number of nitrogens with one attached hydrogen (secondary N) is 2. The van der Waals surface area contributed by atoms with Crippen LogP contribution in [0.15, 0.2) is 78.9 Å². The molecule has 0 saturated carbocycles. The second-order valence-electron chi connectivity index (χ2n) is 8.14. The Bertz CT molecular complexity index is 1070. The van der Waals surface area contributed by atoms with E-state index in [0.29, 0.717) is 19.8 Å². The van der Waals surface area contributed by atoms with Crippen molar-refractivity contribution in [1.82, 2.24) is 10.6 Å². The van der Waals surface area contributed by atoms with E-state index in [4.69, 9.17) is 4.74 Å². The molecule has 0 spiro atoms. The van der Waals surface area contributed by atoms with Crippen LogP contribution in [0.1, 0.15) is 40.9 Å². The fourth-order valence-corrected chi connectivity index (χ4v) is 3.42. The molecule has 0 heterocycles. The lowest BCUT2D eigenvalue weighted by Gasteiger charge is -2.22. The number of benzene rings is 3. The Morgan fingerprint density at radius 1 is 0.848 bits per heavy atom. The van der Waals surface area contributed by atoms with Crippen molar-refractivity contribution in [2.24, 2.45) is 5.92 Å². The lowest BCUT2D eigenvalue weighted by atomic mass is 10.0. The molecule has 5 nitrogen and oxygen atoms in total. The summed E-state index contributed by atoms with van der Waals surface area (Å²) in [7, 11) is 0. The van der Waals surface area contributed by atoms with Crippen LogP contribution in [-0.4, -0.2) is 17.9 Å². The van der Waals surface area contributed by atoms with Crippen LogP contribution < -0.4 is 10.6 Å². The minimum Gasteiger partial charge on any atom is -0.372 e. The van der Waals surface area contributed by atoms with Gasteiger partial charge in [-0.25, -0.2) is 4.39 Å². The molecule has 172 valence electrons. The van der Waals surface area contributed by atoms with Crippen LogP contribution in [0.5, 0.6) is 0 Å². The molecule has 0 aliphatic heterocycles. The maximum Gasteiger partial charge on any atom is 0.254 e. The van der Waals surface area contributed by atoms with Crippen LogP contribution in [0.2, 0.25) is 0 Å². The minimum atomic E-state index is -0.793. The molecule has 0 aromatic heterocycles. The first-order valence-corrected chi connectivity index (χ1v) is 11.0. The molecule has 6 heteroatoms. The van der Waals surface area contributed by atoms with Crippen molar-refractivity contribution >= 4 is 11.8 Å². The molecule has 0 aliphatic carbocycles. The summed E-state index contributed by atoms with van der Waals surface area (Å²) < 4.78 is 19.8. The minimum absolute atomic E-state index is 0.0862. The van der Waals surface area contributed by atoms with Gasteiger partial charge in [-0.2, -0.15) is 0 Å². The van der Waals surface area contributed by atoms with Gasteiger partial charge in [-0.1, -0.05) is 80.6 Å². The highest BCUT2D eigenvalue weighted by Gasteiger charge is 2.25. The molecule has 1 unspecified atom stereocenters. The smallest absolute Gasteiger partial charge is 0.254 e. The third-order valence-electron chi connectivity index (χ3n) is 5.29. The third kappa shape index (κ3) is 6.99. The molecule has 0 radical (unpaired) electrons. The van der Waals surface area contributed by atoms with E-state index in [1.165, 1.54) is 18.2 Å². The van der Waals surface area contributed by atoms with Crippen molar-refractivity contribution in [3.63, 3.8) is 0 Å². The van der Waals surface area contributed by atoms with E-state index in [9.17, 15) is 14.0 Å². The van der Waals surface area contributed by atoms with E-state index in [1.54, 1.807) is 6.07 Å². The van der Waals surface area contributed by atoms with Crippen molar-refractivity contribution in [3.8, 4) is 0 Å². The second-order valence-corrected chi connectivity index (χ2v) is 8.14. The highest BCUT2D eigenvalue weighted by molar-refractivity contribution is 5.97. The summed E-state index contributed by atoms with van der Waals surface area (Å²) in [5, 5.41) is 5.56. The molecule has 0 bridgehead atoms. The van der Waals surface area contributed by atoms with E-state index in [0.717, 1.165) is 16.7 Å². The van der Waals surface area contributed by atoms with E-state index >= 15 is 0 Å². The Morgan fingerprint density at radius 3 is 2.18 bits per heavy atom. The standard InChI is InChI=1S/C27H29FN2O3/c1-19(2)25(30-26(31)23-14-8-9-15-24(23)28)27(32)29-16-21-12-6-7-13-22(21)18-33-17-20-10-4-3-5-11-20/h3-15,19,25H,16-18H2,1-2H3,(H,29,32)(H,30,31). The van der Waals surface area contributed by atoms with Gasteiger partial charge >= 0.3 is 0 Å². The number of carbonyl (C=O) groups excluding carboxylic acids is 2. The summed E-state index contributed by atoms with van der Waals surface area (Å²) in [6.07, 6.45) is 0. The summed E-state index contributed by atoms with van der Waals surface area (Å²) in [5.41, 5.74) is 2.91. The Kier molecular flexibility index (Phi) is 8.72. The summed E-state index contributed by atoms with van der Waals surface area (Å²) >= 11 is 0. The average molecular weight is 449 g/mol. The Morgan fingerprint density at radius 2 is 1.48 bits per heavy atom. The number of carbonyl (C=O) groups is 2. The van der Waals surface area contributed by atoms with Gasteiger partial charge in [0.1, 0.15) is 11.9 Å². The first-order chi connectivity index (χ1) is 16.0. The summed E-state index contributed by atoms with van der Waals surface area (Å²) in [6, 6.07) is 22.6. The molecule has 0 saturated heterocycles. The maximum atomic E-state index is 13.9. The summed E-state index contributed by atoms with van der Waals surface area (Å²) in [5.74, 6) is -1.74. The van der Waals surface area contributed by atoms with Gasteiger partial charge in [0.15, 0.2) is 0 Å². The van der Waals surface area contributed by atoms with Gasteiger partial charge in [-0.15, -0.1) is 0 Å². The summed E-state index contributed by atoms with van der Waals surface area (Å²) in [4.78, 5) is 25.4. The molecule has 2 amide bonds. The molecular formula is C27H29FN2O3. The molecule has 3 rings (SSSR count). The normalized spacial score (nSPS) is 11.8.